The third kappa shape index (κ3) is 5.32. The van der Waals surface area contributed by atoms with E-state index in [4.69, 9.17) is 5.73 Å². The highest BCUT2D eigenvalue weighted by atomic mass is 79.9. The summed E-state index contributed by atoms with van der Waals surface area (Å²) in [6, 6.07) is 9.85. The van der Waals surface area contributed by atoms with Crippen LogP contribution in [0.1, 0.15) is 21.5 Å². The van der Waals surface area contributed by atoms with Gasteiger partial charge in [0.2, 0.25) is 5.91 Å². The average molecular weight is 415 g/mol. The maximum absolute atomic E-state index is 12.6. The summed E-state index contributed by atoms with van der Waals surface area (Å²) in [6.07, 6.45) is -4.44. The van der Waals surface area contributed by atoms with Gasteiger partial charge in [-0.3, -0.25) is 9.59 Å². The summed E-state index contributed by atoms with van der Waals surface area (Å²) in [7, 11) is 0. The van der Waals surface area contributed by atoms with Crippen molar-refractivity contribution in [2.45, 2.75) is 18.6 Å². The zero-order chi connectivity index (χ0) is 18.6. The molecule has 2 aromatic carbocycles. The largest absolute Gasteiger partial charge is 0.416 e. The molecule has 25 heavy (non-hydrogen) atoms. The third-order valence-corrected chi connectivity index (χ3v) is 3.95. The highest BCUT2D eigenvalue weighted by Crippen LogP contribution is 2.29. The zero-order valence-corrected chi connectivity index (χ0v) is 14.4. The lowest BCUT2D eigenvalue weighted by Crippen LogP contribution is -2.45. The molecule has 4 nitrogen and oxygen atoms in total. The lowest BCUT2D eigenvalue weighted by Gasteiger charge is -2.16. The van der Waals surface area contributed by atoms with Gasteiger partial charge in [0, 0.05) is 16.5 Å². The van der Waals surface area contributed by atoms with Crippen molar-refractivity contribution in [3.63, 3.8) is 0 Å². The minimum absolute atomic E-state index is 0.00673. The van der Waals surface area contributed by atoms with Crippen LogP contribution in [0, 0.1) is 0 Å². The Morgan fingerprint density at radius 1 is 1.12 bits per heavy atom. The SMILES string of the molecule is NC(=O)[C@H](Cc1ccc(C(F)(F)F)cc1)NC(=O)c1cccc(Br)c1. The second-order valence-electron chi connectivity index (χ2n) is 5.34. The minimum Gasteiger partial charge on any atom is -0.368 e. The molecule has 0 aromatic heterocycles. The molecular formula is C17H14BrF3N2O2. The summed E-state index contributed by atoms with van der Waals surface area (Å²) in [5, 5.41) is 2.50. The third-order valence-electron chi connectivity index (χ3n) is 3.46. The van der Waals surface area contributed by atoms with E-state index in [-0.39, 0.29) is 6.42 Å². The highest BCUT2D eigenvalue weighted by Gasteiger charge is 2.30. The quantitative estimate of drug-likeness (QED) is 0.787. The van der Waals surface area contributed by atoms with Gasteiger partial charge in [0.1, 0.15) is 6.04 Å². The molecule has 0 fully saturated rings. The Hall–Kier alpha value is -2.35. The second kappa shape index (κ2) is 7.69. The van der Waals surface area contributed by atoms with Crippen LogP contribution in [-0.2, 0) is 17.4 Å². The van der Waals surface area contributed by atoms with E-state index in [1.807, 2.05) is 0 Å². The van der Waals surface area contributed by atoms with E-state index in [2.05, 4.69) is 21.2 Å². The van der Waals surface area contributed by atoms with Gasteiger partial charge in [-0.15, -0.1) is 0 Å². The van der Waals surface area contributed by atoms with Crippen molar-refractivity contribution < 1.29 is 22.8 Å². The number of alkyl halides is 3. The van der Waals surface area contributed by atoms with Crippen LogP contribution < -0.4 is 11.1 Å². The Kier molecular flexibility index (Phi) is 5.84. The maximum atomic E-state index is 12.6. The molecule has 132 valence electrons. The molecule has 8 heteroatoms. The maximum Gasteiger partial charge on any atom is 0.416 e. The van der Waals surface area contributed by atoms with Crippen molar-refractivity contribution in [3.05, 3.63) is 69.7 Å². The first-order valence-corrected chi connectivity index (χ1v) is 7.98. The Labute approximate surface area is 150 Å². The second-order valence-corrected chi connectivity index (χ2v) is 6.25. The number of carbonyl (C=O) groups excluding carboxylic acids is 2. The fraction of sp³-hybridized carbons (Fsp3) is 0.176. The smallest absolute Gasteiger partial charge is 0.368 e. The molecule has 0 unspecified atom stereocenters. The molecule has 0 saturated heterocycles. The molecule has 3 N–H and O–H groups in total. The predicted octanol–water partition coefficient (Wildman–Crippen LogP) is 3.29. The van der Waals surface area contributed by atoms with Crippen LogP contribution in [-0.4, -0.2) is 17.9 Å². The fourth-order valence-corrected chi connectivity index (χ4v) is 2.56. The highest BCUT2D eigenvalue weighted by molar-refractivity contribution is 9.10. The predicted molar refractivity (Wildman–Crippen MR) is 89.7 cm³/mol. The lowest BCUT2D eigenvalue weighted by molar-refractivity contribution is -0.137. The average Bonchev–Trinajstić information content (AvgIpc) is 2.53. The molecule has 0 radical (unpaired) electrons. The van der Waals surface area contributed by atoms with Gasteiger partial charge < -0.3 is 11.1 Å². The van der Waals surface area contributed by atoms with Crippen molar-refractivity contribution in [1.82, 2.24) is 5.32 Å². The van der Waals surface area contributed by atoms with Gasteiger partial charge in [-0.1, -0.05) is 34.1 Å². The van der Waals surface area contributed by atoms with Crippen LogP contribution in [0.25, 0.3) is 0 Å². The number of hydrogen-bond donors (Lipinski definition) is 2. The number of carbonyl (C=O) groups is 2. The Morgan fingerprint density at radius 3 is 2.28 bits per heavy atom. The summed E-state index contributed by atoms with van der Waals surface area (Å²) in [4.78, 5) is 23.8. The number of rotatable bonds is 5. The summed E-state index contributed by atoms with van der Waals surface area (Å²) >= 11 is 3.24. The van der Waals surface area contributed by atoms with Gasteiger partial charge in [0.05, 0.1) is 5.56 Å². The van der Waals surface area contributed by atoms with Gasteiger partial charge >= 0.3 is 6.18 Å². The van der Waals surface area contributed by atoms with E-state index < -0.39 is 29.6 Å². The van der Waals surface area contributed by atoms with Crippen molar-refractivity contribution in [1.29, 1.82) is 0 Å². The number of primary amides is 1. The van der Waals surface area contributed by atoms with Crippen molar-refractivity contribution in [2.75, 3.05) is 0 Å². The van der Waals surface area contributed by atoms with Gasteiger partial charge in [0.25, 0.3) is 5.91 Å². The summed E-state index contributed by atoms with van der Waals surface area (Å²) < 4.78 is 38.4. The first-order chi connectivity index (χ1) is 11.7. The number of amides is 2. The van der Waals surface area contributed by atoms with E-state index >= 15 is 0 Å². The molecule has 0 spiro atoms. The van der Waals surface area contributed by atoms with E-state index in [1.54, 1.807) is 24.3 Å². The van der Waals surface area contributed by atoms with E-state index in [9.17, 15) is 22.8 Å². The monoisotopic (exact) mass is 414 g/mol. The number of benzene rings is 2. The molecule has 0 aliphatic heterocycles. The molecule has 2 rings (SSSR count). The van der Waals surface area contributed by atoms with Gasteiger partial charge in [-0.25, -0.2) is 0 Å². The van der Waals surface area contributed by atoms with E-state index in [0.29, 0.717) is 15.6 Å². The number of nitrogens with two attached hydrogens (primary N) is 1. The number of halogens is 4. The summed E-state index contributed by atoms with van der Waals surface area (Å²) in [5.74, 6) is -1.28. The molecule has 0 heterocycles. The van der Waals surface area contributed by atoms with Crippen LogP contribution in [0.3, 0.4) is 0 Å². The normalized spacial score (nSPS) is 12.5. The van der Waals surface area contributed by atoms with Crippen LogP contribution in [0.2, 0.25) is 0 Å². The molecule has 0 aliphatic rings. The first kappa shape index (κ1) is 19.0. The van der Waals surface area contributed by atoms with Crippen molar-refractivity contribution >= 4 is 27.7 Å². The number of hydrogen-bond acceptors (Lipinski definition) is 2. The topological polar surface area (TPSA) is 72.2 Å². The molecule has 2 aromatic rings. The zero-order valence-electron chi connectivity index (χ0n) is 12.8. The van der Waals surface area contributed by atoms with Crippen LogP contribution in [0.4, 0.5) is 13.2 Å². The molecule has 1 atom stereocenters. The van der Waals surface area contributed by atoms with E-state index in [0.717, 1.165) is 12.1 Å². The van der Waals surface area contributed by atoms with Gasteiger partial charge in [-0.2, -0.15) is 13.2 Å². The number of nitrogens with one attached hydrogen (secondary N) is 1. The first-order valence-electron chi connectivity index (χ1n) is 7.18. The Bertz CT molecular complexity index is 776. The van der Waals surface area contributed by atoms with E-state index in [1.165, 1.54) is 12.1 Å². The van der Waals surface area contributed by atoms with Crippen LogP contribution in [0.5, 0.6) is 0 Å². The van der Waals surface area contributed by atoms with Gasteiger partial charge in [-0.05, 0) is 35.9 Å². The van der Waals surface area contributed by atoms with Crippen LogP contribution in [0.15, 0.2) is 53.0 Å². The van der Waals surface area contributed by atoms with Crippen molar-refractivity contribution in [3.8, 4) is 0 Å². The Morgan fingerprint density at radius 2 is 1.76 bits per heavy atom. The molecule has 0 aliphatic carbocycles. The minimum atomic E-state index is -4.43. The molecular weight excluding hydrogens is 401 g/mol. The molecule has 2 amide bonds. The molecule has 0 saturated carbocycles. The standard InChI is InChI=1S/C17H14BrF3N2O2/c18-13-3-1-2-11(9-13)16(25)23-14(15(22)24)8-10-4-6-12(7-5-10)17(19,20)21/h1-7,9,14H,8H2,(H2,22,24)(H,23,25)/t14-/m0/s1. The fourth-order valence-electron chi connectivity index (χ4n) is 2.16. The Balaban J connectivity index is 2.11. The molecule has 0 bridgehead atoms. The summed E-state index contributed by atoms with van der Waals surface area (Å²) in [6.45, 7) is 0. The van der Waals surface area contributed by atoms with Gasteiger partial charge in [0.15, 0.2) is 0 Å². The van der Waals surface area contributed by atoms with Crippen LogP contribution >= 0.6 is 15.9 Å². The summed E-state index contributed by atoms with van der Waals surface area (Å²) in [5.41, 5.74) is 5.29. The van der Waals surface area contributed by atoms with Crippen molar-refractivity contribution in [2.24, 2.45) is 5.73 Å². The lowest BCUT2D eigenvalue weighted by atomic mass is 10.0.